The summed E-state index contributed by atoms with van der Waals surface area (Å²) in [4.78, 5) is 2.38. The van der Waals surface area contributed by atoms with Gasteiger partial charge in [-0.3, -0.25) is 4.90 Å². The van der Waals surface area contributed by atoms with Gasteiger partial charge in [-0.1, -0.05) is 24.6 Å². The Bertz CT molecular complexity index is 747. The van der Waals surface area contributed by atoms with E-state index in [9.17, 15) is 4.39 Å². The number of nitrogens with zero attached hydrogens (tertiary/aromatic N) is 2. The molecule has 0 bridgehead atoms. The second kappa shape index (κ2) is 4.09. The Morgan fingerprint density at radius 3 is 2.95 bits per heavy atom. The Kier molecular flexibility index (Phi) is 2.54. The molecule has 0 radical (unpaired) electrons. The van der Waals surface area contributed by atoms with E-state index in [0.29, 0.717) is 17.3 Å². The number of halogens is 2. The maximum absolute atomic E-state index is 14.2. The van der Waals surface area contributed by atoms with Gasteiger partial charge in [0.2, 0.25) is 0 Å². The molecule has 3 heterocycles. The summed E-state index contributed by atoms with van der Waals surface area (Å²) in [5, 5.41) is 0.848. The minimum absolute atomic E-state index is 0.215. The molecule has 1 aromatic heterocycles. The van der Waals surface area contributed by atoms with Crippen molar-refractivity contribution >= 4 is 28.1 Å². The van der Waals surface area contributed by atoms with Crippen LogP contribution in [0.5, 0.6) is 0 Å². The Balaban J connectivity index is 2.06. The largest absolute Gasteiger partial charge is 0.345 e. The maximum atomic E-state index is 14.2. The van der Waals surface area contributed by atoms with Crippen molar-refractivity contribution in [3.63, 3.8) is 0 Å². The summed E-state index contributed by atoms with van der Waals surface area (Å²) in [7, 11) is 2.16. The fourth-order valence-corrected chi connectivity index (χ4v) is 3.90. The first kappa shape index (κ1) is 12.4. The Labute approximate surface area is 122 Å². The van der Waals surface area contributed by atoms with Crippen LogP contribution in [0.15, 0.2) is 24.4 Å². The maximum Gasteiger partial charge on any atom is 0.151 e. The summed E-state index contributed by atoms with van der Waals surface area (Å²) in [6, 6.07) is 3.98. The number of hydrogen-bond acceptors (Lipinski definition) is 1. The van der Waals surface area contributed by atoms with E-state index in [1.807, 2.05) is 12.3 Å². The van der Waals surface area contributed by atoms with E-state index in [1.165, 1.54) is 5.57 Å². The second-order valence-electron chi connectivity index (χ2n) is 6.00. The molecule has 0 amide bonds. The van der Waals surface area contributed by atoms with Gasteiger partial charge in [-0.05, 0) is 30.7 Å². The summed E-state index contributed by atoms with van der Waals surface area (Å²) >= 11 is 6.08. The number of likely N-dealkylation sites (N-methyl/N-ethyl adjacent to an activating group) is 1. The van der Waals surface area contributed by atoms with Crippen LogP contribution in [0.25, 0.3) is 16.5 Å². The second-order valence-corrected chi connectivity index (χ2v) is 6.41. The standard InChI is InChI=1S/C16H16ClFN2/c1-9-5-11-12-6-13(17)15(18)10-3-4-20(16(10)12)8-14(11)19(2)7-9/h3-6,9,14H,7-8H2,1-2H3/t9-,14?/m1/s1. The highest BCUT2D eigenvalue weighted by atomic mass is 35.5. The van der Waals surface area contributed by atoms with Crippen molar-refractivity contribution in [2.24, 2.45) is 5.92 Å². The normalized spacial score (nSPS) is 25.7. The van der Waals surface area contributed by atoms with Crippen LogP contribution in [0.4, 0.5) is 4.39 Å². The lowest BCUT2D eigenvalue weighted by Gasteiger charge is -2.39. The molecule has 1 aromatic carbocycles. The lowest BCUT2D eigenvalue weighted by atomic mass is 9.86. The van der Waals surface area contributed by atoms with E-state index in [-0.39, 0.29) is 10.8 Å². The van der Waals surface area contributed by atoms with E-state index < -0.39 is 0 Å². The highest BCUT2D eigenvalue weighted by molar-refractivity contribution is 6.32. The van der Waals surface area contributed by atoms with E-state index >= 15 is 0 Å². The van der Waals surface area contributed by atoms with Gasteiger partial charge >= 0.3 is 0 Å². The van der Waals surface area contributed by atoms with Crippen LogP contribution in [0.3, 0.4) is 0 Å². The van der Waals surface area contributed by atoms with Gasteiger partial charge in [0.25, 0.3) is 0 Å². The zero-order valence-corrected chi connectivity index (χ0v) is 12.3. The lowest BCUT2D eigenvalue weighted by Crippen LogP contribution is -2.43. The fraction of sp³-hybridized carbons (Fsp3) is 0.375. The molecule has 2 nitrogen and oxygen atoms in total. The molecule has 0 fully saturated rings. The first-order valence-electron chi connectivity index (χ1n) is 6.95. The van der Waals surface area contributed by atoms with Gasteiger partial charge in [0.1, 0.15) is 0 Å². The van der Waals surface area contributed by atoms with Crippen LogP contribution in [0, 0.1) is 11.7 Å². The molecular formula is C16H16ClFN2. The van der Waals surface area contributed by atoms with Crippen LogP contribution in [-0.4, -0.2) is 29.1 Å². The first-order valence-corrected chi connectivity index (χ1v) is 7.33. The molecule has 0 saturated carbocycles. The van der Waals surface area contributed by atoms with E-state index in [1.54, 1.807) is 6.07 Å². The van der Waals surface area contributed by atoms with Crippen molar-refractivity contribution in [3.05, 3.63) is 40.8 Å². The summed E-state index contributed by atoms with van der Waals surface area (Å²) in [5.74, 6) is 0.201. The van der Waals surface area contributed by atoms with Gasteiger partial charge in [-0.25, -0.2) is 4.39 Å². The van der Waals surface area contributed by atoms with Gasteiger partial charge in [-0.15, -0.1) is 0 Å². The third-order valence-electron chi connectivity index (χ3n) is 4.55. The molecule has 1 unspecified atom stereocenters. The van der Waals surface area contributed by atoms with Crippen molar-refractivity contribution in [2.45, 2.75) is 19.5 Å². The molecule has 0 N–H and O–H groups in total. The zero-order valence-electron chi connectivity index (χ0n) is 11.5. The average molecular weight is 291 g/mol. The molecule has 4 rings (SSSR count). The molecule has 2 aliphatic rings. The van der Waals surface area contributed by atoms with Crippen molar-refractivity contribution < 1.29 is 4.39 Å². The van der Waals surface area contributed by atoms with Gasteiger partial charge in [0.05, 0.1) is 16.6 Å². The molecular weight excluding hydrogens is 275 g/mol. The third kappa shape index (κ3) is 1.54. The number of hydrogen-bond donors (Lipinski definition) is 0. The number of aromatic nitrogens is 1. The number of fused-ring (bicyclic) bond motifs is 2. The highest BCUT2D eigenvalue weighted by Gasteiger charge is 2.33. The summed E-state index contributed by atoms with van der Waals surface area (Å²) < 4.78 is 16.3. The average Bonchev–Trinajstić information content (AvgIpc) is 2.81. The van der Waals surface area contributed by atoms with Crippen LogP contribution in [0.1, 0.15) is 12.5 Å². The SMILES string of the molecule is C[C@@H]1C=C2c3cc(Cl)c(F)c4ccn(c34)CC2N(C)C1. The fourth-order valence-electron chi connectivity index (χ4n) is 3.69. The smallest absolute Gasteiger partial charge is 0.151 e. The highest BCUT2D eigenvalue weighted by Crippen LogP contribution is 2.41. The predicted molar refractivity (Wildman–Crippen MR) is 80.5 cm³/mol. The molecule has 2 aliphatic heterocycles. The van der Waals surface area contributed by atoms with E-state index in [4.69, 9.17) is 11.6 Å². The molecule has 4 heteroatoms. The Morgan fingerprint density at radius 2 is 2.15 bits per heavy atom. The molecule has 0 aliphatic carbocycles. The van der Waals surface area contributed by atoms with Crippen molar-refractivity contribution in [3.8, 4) is 0 Å². The molecule has 2 aromatic rings. The van der Waals surface area contributed by atoms with Crippen LogP contribution >= 0.6 is 11.6 Å². The summed E-state index contributed by atoms with van der Waals surface area (Å²) in [6.45, 7) is 4.16. The molecule has 2 atom stereocenters. The Morgan fingerprint density at radius 1 is 1.35 bits per heavy atom. The summed E-state index contributed by atoms with van der Waals surface area (Å²) in [5.41, 5.74) is 3.37. The Hall–Kier alpha value is -1.32. The van der Waals surface area contributed by atoms with Gasteiger partial charge in [-0.2, -0.15) is 0 Å². The first-order chi connectivity index (χ1) is 9.56. The number of benzene rings is 1. The molecule has 0 spiro atoms. The lowest BCUT2D eigenvalue weighted by molar-refractivity contribution is 0.234. The van der Waals surface area contributed by atoms with E-state index in [0.717, 1.165) is 24.2 Å². The topological polar surface area (TPSA) is 8.17 Å². The van der Waals surface area contributed by atoms with Crippen LogP contribution in [0.2, 0.25) is 5.02 Å². The number of rotatable bonds is 0. The minimum atomic E-state index is -0.305. The van der Waals surface area contributed by atoms with Crippen molar-refractivity contribution in [2.75, 3.05) is 13.6 Å². The molecule has 20 heavy (non-hydrogen) atoms. The zero-order chi connectivity index (χ0) is 14.0. The molecule has 104 valence electrons. The van der Waals surface area contributed by atoms with Crippen molar-refractivity contribution in [1.82, 2.24) is 9.47 Å². The minimum Gasteiger partial charge on any atom is -0.345 e. The van der Waals surface area contributed by atoms with Crippen LogP contribution < -0.4 is 0 Å². The van der Waals surface area contributed by atoms with E-state index in [2.05, 4.69) is 29.5 Å². The van der Waals surface area contributed by atoms with Gasteiger partial charge in [0, 0.05) is 30.2 Å². The van der Waals surface area contributed by atoms with Crippen LogP contribution in [-0.2, 0) is 6.54 Å². The third-order valence-corrected chi connectivity index (χ3v) is 4.82. The molecule has 0 saturated heterocycles. The van der Waals surface area contributed by atoms with Crippen molar-refractivity contribution in [1.29, 1.82) is 0 Å². The monoisotopic (exact) mass is 290 g/mol. The van der Waals surface area contributed by atoms with Gasteiger partial charge in [0.15, 0.2) is 5.82 Å². The summed E-state index contributed by atoms with van der Waals surface area (Å²) in [6.07, 6.45) is 4.29. The van der Waals surface area contributed by atoms with Gasteiger partial charge < -0.3 is 4.57 Å². The quantitative estimate of drug-likeness (QED) is 0.717. The predicted octanol–water partition coefficient (Wildman–Crippen LogP) is 3.78.